The molecular weight excluding hydrogens is 280 g/mol. The third-order valence-electron chi connectivity index (χ3n) is 1.90. The molecule has 0 amide bonds. The van der Waals surface area contributed by atoms with Crippen LogP contribution < -0.4 is 11.2 Å². The Morgan fingerprint density at radius 2 is 2.25 bits per heavy atom. The van der Waals surface area contributed by atoms with Gasteiger partial charge in [0.1, 0.15) is 0 Å². The van der Waals surface area contributed by atoms with Gasteiger partial charge < -0.3 is 10.2 Å². The van der Waals surface area contributed by atoms with Crippen molar-refractivity contribution in [3.63, 3.8) is 0 Å². The van der Waals surface area contributed by atoms with Crippen molar-refractivity contribution in [3.8, 4) is 0 Å². The highest BCUT2D eigenvalue weighted by atomic mass is 79.9. The van der Waals surface area contributed by atoms with Crippen LogP contribution in [0.15, 0.2) is 20.8 Å². The summed E-state index contributed by atoms with van der Waals surface area (Å²) >= 11 is 3.02. The lowest BCUT2D eigenvalue weighted by Crippen LogP contribution is -2.34. The topological polar surface area (TPSA) is 95.3 Å². The van der Waals surface area contributed by atoms with Gasteiger partial charge in [-0.2, -0.15) is 0 Å². The Morgan fingerprint density at radius 3 is 2.81 bits per heavy atom. The maximum atomic E-state index is 11.3. The molecule has 1 rings (SSSR count). The van der Waals surface area contributed by atoms with Crippen molar-refractivity contribution in [1.82, 2.24) is 9.55 Å². The smallest absolute Gasteiger partial charge is 0.328 e. The minimum absolute atomic E-state index is 0.0742. The fourth-order valence-corrected chi connectivity index (χ4v) is 1.42. The Kier molecular flexibility index (Phi) is 4.66. The Labute approximate surface area is 99.0 Å². The standard InChI is InChI=1S/C9H11BrN2O4/c10-2-1-6-3-12(4-7(14)5-13)9(16)11-8(6)15/h1-3,7,13-14H,4-5H2,(H,11,15,16). The average molecular weight is 291 g/mol. The first-order valence-electron chi connectivity index (χ1n) is 4.48. The zero-order chi connectivity index (χ0) is 12.1. The molecule has 1 aromatic heterocycles. The molecule has 1 aromatic rings. The van der Waals surface area contributed by atoms with Gasteiger partial charge in [0.2, 0.25) is 0 Å². The maximum absolute atomic E-state index is 11.3. The summed E-state index contributed by atoms with van der Waals surface area (Å²) in [4.78, 5) is 26.2. The predicted molar refractivity (Wildman–Crippen MR) is 62.4 cm³/mol. The number of halogens is 1. The Balaban J connectivity index is 3.15. The lowest BCUT2D eigenvalue weighted by atomic mass is 10.3. The van der Waals surface area contributed by atoms with Gasteiger partial charge in [0.05, 0.1) is 24.8 Å². The van der Waals surface area contributed by atoms with Crippen LogP contribution in [0.3, 0.4) is 0 Å². The van der Waals surface area contributed by atoms with Crippen molar-refractivity contribution in [2.75, 3.05) is 6.61 Å². The van der Waals surface area contributed by atoms with Gasteiger partial charge in [0.15, 0.2) is 0 Å². The second-order valence-electron chi connectivity index (χ2n) is 3.13. The molecule has 1 heterocycles. The number of hydrogen-bond donors (Lipinski definition) is 3. The van der Waals surface area contributed by atoms with Crippen molar-refractivity contribution in [2.45, 2.75) is 12.6 Å². The molecule has 0 aliphatic heterocycles. The Morgan fingerprint density at radius 1 is 1.56 bits per heavy atom. The van der Waals surface area contributed by atoms with Crippen molar-refractivity contribution in [1.29, 1.82) is 0 Å². The van der Waals surface area contributed by atoms with Crippen LogP contribution in [0.2, 0.25) is 0 Å². The summed E-state index contributed by atoms with van der Waals surface area (Å²) in [6.45, 7) is -0.523. The first-order valence-corrected chi connectivity index (χ1v) is 5.39. The summed E-state index contributed by atoms with van der Waals surface area (Å²) in [6, 6.07) is 0. The Bertz CT molecular complexity index is 491. The number of nitrogens with zero attached hydrogens (tertiary/aromatic N) is 1. The third-order valence-corrected chi connectivity index (χ3v) is 2.16. The molecule has 7 heteroatoms. The molecule has 1 atom stereocenters. The van der Waals surface area contributed by atoms with Crippen molar-refractivity contribution >= 4 is 22.0 Å². The molecular formula is C9H11BrN2O4. The fraction of sp³-hybridized carbons (Fsp3) is 0.333. The number of H-pyrrole nitrogens is 1. The highest BCUT2D eigenvalue weighted by Gasteiger charge is 2.07. The quantitative estimate of drug-likeness (QED) is 0.680. The number of aromatic nitrogens is 2. The summed E-state index contributed by atoms with van der Waals surface area (Å²) in [5.41, 5.74) is -0.846. The van der Waals surface area contributed by atoms with E-state index in [1.807, 2.05) is 0 Å². The summed E-state index contributed by atoms with van der Waals surface area (Å²) in [6.07, 6.45) is 1.75. The SMILES string of the molecule is O=c1[nH]c(=O)n(CC(O)CO)cc1C=CBr. The van der Waals surface area contributed by atoms with E-state index in [1.54, 1.807) is 0 Å². The van der Waals surface area contributed by atoms with E-state index in [2.05, 4.69) is 20.9 Å². The van der Waals surface area contributed by atoms with Crippen LogP contribution in [-0.2, 0) is 6.54 Å². The second-order valence-corrected chi connectivity index (χ2v) is 3.65. The molecule has 3 N–H and O–H groups in total. The zero-order valence-corrected chi connectivity index (χ0v) is 9.85. The first kappa shape index (κ1) is 12.9. The van der Waals surface area contributed by atoms with Gasteiger partial charge in [-0.1, -0.05) is 15.9 Å². The normalized spacial score (nSPS) is 13.2. The van der Waals surface area contributed by atoms with E-state index in [1.165, 1.54) is 17.3 Å². The predicted octanol–water partition coefficient (Wildman–Crippen LogP) is -0.745. The van der Waals surface area contributed by atoms with Crippen LogP contribution in [0.4, 0.5) is 0 Å². The van der Waals surface area contributed by atoms with Gasteiger partial charge in [0.25, 0.3) is 5.56 Å². The van der Waals surface area contributed by atoms with Crippen molar-refractivity contribution in [3.05, 3.63) is 37.6 Å². The second kappa shape index (κ2) is 5.78. The minimum atomic E-state index is -1.04. The summed E-state index contributed by atoms with van der Waals surface area (Å²) in [5.74, 6) is 0. The van der Waals surface area contributed by atoms with Gasteiger partial charge in [0, 0.05) is 6.20 Å². The summed E-state index contributed by atoms with van der Waals surface area (Å²) < 4.78 is 1.13. The van der Waals surface area contributed by atoms with Crippen molar-refractivity contribution < 1.29 is 10.2 Å². The van der Waals surface area contributed by atoms with Gasteiger partial charge in [-0.15, -0.1) is 0 Å². The van der Waals surface area contributed by atoms with Crippen LogP contribution in [0.25, 0.3) is 6.08 Å². The highest BCUT2D eigenvalue weighted by molar-refractivity contribution is 9.11. The lowest BCUT2D eigenvalue weighted by Gasteiger charge is -2.09. The van der Waals surface area contributed by atoms with E-state index in [0.29, 0.717) is 0 Å². The van der Waals surface area contributed by atoms with Gasteiger partial charge >= 0.3 is 5.69 Å². The minimum Gasteiger partial charge on any atom is -0.394 e. The highest BCUT2D eigenvalue weighted by Crippen LogP contribution is 1.96. The number of aromatic amines is 1. The molecule has 0 radical (unpaired) electrons. The van der Waals surface area contributed by atoms with Crippen LogP contribution in [0.1, 0.15) is 5.56 Å². The average Bonchev–Trinajstić information content (AvgIpc) is 2.25. The molecule has 0 fully saturated rings. The molecule has 0 aliphatic carbocycles. The largest absolute Gasteiger partial charge is 0.394 e. The van der Waals surface area contributed by atoms with E-state index in [-0.39, 0.29) is 12.1 Å². The number of hydrogen-bond acceptors (Lipinski definition) is 4. The van der Waals surface area contributed by atoms with Crippen LogP contribution in [-0.4, -0.2) is 32.5 Å². The van der Waals surface area contributed by atoms with Crippen LogP contribution in [0.5, 0.6) is 0 Å². The lowest BCUT2D eigenvalue weighted by molar-refractivity contribution is 0.0800. The number of aliphatic hydroxyl groups is 2. The molecule has 16 heavy (non-hydrogen) atoms. The van der Waals surface area contributed by atoms with E-state index >= 15 is 0 Å². The molecule has 0 saturated heterocycles. The maximum Gasteiger partial charge on any atom is 0.328 e. The van der Waals surface area contributed by atoms with E-state index in [9.17, 15) is 14.7 Å². The molecule has 0 aliphatic rings. The molecule has 6 nitrogen and oxygen atoms in total. The van der Waals surface area contributed by atoms with Gasteiger partial charge in [-0.25, -0.2) is 4.79 Å². The summed E-state index contributed by atoms with van der Waals surface area (Å²) in [5, 5.41) is 17.9. The molecule has 88 valence electrons. The van der Waals surface area contributed by atoms with Crippen LogP contribution in [0, 0.1) is 0 Å². The summed E-state index contributed by atoms with van der Waals surface area (Å²) in [7, 11) is 0. The monoisotopic (exact) mass is 290 g/mol. The molecule has 1 unspecified atom stereocenters. The van der Waals surface area contributed by atoms with E-state index < -0.39 is 24.0 Å². The van der Waals surface area contributed by atoms with E-state index in [0.717, 1.165) is 4.57 Å². The van der Waals surface area contributed by atoms with Gasteiger partial charge in [-0.05, 0) is 11.1 Å². The molecule has 0 spiro atoms. The van der Waals surface area contributed by atoms with E-state index in [4.69, 9.17) is 5.11 Å². The van der Waals surface area contributed by atoms with Crippen LogP contribution >= 0.6 is 15.9 Å². The third kappa shape index (κ3) is 3.16. The number of nitrogens with one attached hydrogen (secondary N) is 1. The number of aliphatic hydroxyl groups excluding tert-OH is 2. The number of rotatable bonds is 4. The fourth-order valence-electron chi connectivity index (χ4n) is 1.13. The Hall–Kier alpha value is -1.18. The zero-order valence-electron chi connectivity index (χ0n) is 8.26. The molecule has 0 saturated carbocycles. The van der Waals surface area contributed by atoms with Crippen molar-refractivity contribution in [2.24, 2.45) is 0 Å². The molecule has 0 aromatic carbocycles. The molecule has 0 bridgehead atoms. The van der Waals surface area contributed by atoms with Gasteiger partial charge in [-0.3, -0.25) is 14.3 Å². The first-order chi connectivity index (χ1) is 7.58.